The summed E-state index contributed by atoms with van der Waals surface area (Å²) in [5.41, 5.74) is 0. The van der Waals surface area contributed by atoms with E-state index in [0.29, 0.717) is 0 Å². The average molecular weight is 235 g/mol. The third-order valence-electron chi connectivity index (χ3n) is 2.75. The van der Waals surface area contributed by atoms with Crippen LogP contribution in [0.1, 0.15) is 39.0 Å². The van der Waals surface area contributed by atoms with Gasteiger partial charge in [0.1, 0.15) is 12.4 Å². The highest BCUT2D eigenvalue weighted by Crippen LogP contribution is 2.07. The van der Waals surface area contributed by atoms with E-state index in [1.807, 2.05) is 30.3 Å². The third-order valence-corrected chi connectivity index (χ3v) is 2.75. The number of hydrogen-bond donors (Lipinski definition) is 1. The maximum absolute atomic E-state index is 5.59. The first kappa shape index (κ1) is 14.0. The number of para-hydroxylation sites is 1. The zero-order valence-electron chi connectivity index (χ0n) is 11.0. The Labute approximate surface area is 105 Å². The van der Waals surface area contributed by atoms with Crippen LogP contribution in [-0.4, -0.2) is 19.7 Å². The minimum Gasteiger partial charge on any atom is -0.492 e. The smallest absolute Gasteiger partial charge is 0.119 e. The molecule has 0 fully saturated rings. The summed E-state index contributed by atoms with van der Waals surface area (Å²) >= 11 is 0. The Morgan fingerprint density at radius 1 is 0.941 bits per heavy atom. The Bertz CT molecular complexity index is 261. The molecule has 17 heavy (non-hydrogen) atoms. The second-order valence-corrected chi connectivity index (χ2v) is 4.33. The van der Waals surface area contributed by atoms with Crippen molar-refractivity contribution in [2.75, 3.05) is 19.7 Å². The van der Waals surface area contributed by atoms with Gasteiger partial charge in [0.05, 0.1) is 0 Å². The summed E-state index contributed by atoms with van der Waals surface area (Å²) in [5.74, 6) is 0.956. The molecule has 1 aromatic rings. The highest BCUT2D eigenvalue weighted by molar-refractivity contribution is 5.20. The molecule has 1 rings (SSSR count). The molecule has 0 bridgehead atoms. The first-order valence-corrected chi connectivity index (χ1v) is 6.82. The summed E-state index contributed by atoms with van der Waals surface area (Å²) in [7, 11) is 0. The van der Waals surface area contributed by atoms with Crippen molar-refractivity contribution in [3.8, 4) is 5.75 Å². The monoisotopic (exact) mass is 235 g/mol. The van der Waals surface area contributed by atoms with Gasteiger partial charge in [-0.2, -0.15) is 0 Å². The van der Waals surface area contributed by atoms with E-state index in [9.17, 15) is 0 Å². The lowest BCUT2D eigenvalue weighted by Crippen LogP contribution is -2.22. The van der Waals surface area contributed by atoms with Crippen LogP contribution in [0.4, 0.5) is 0 Å². The molecule has 0 atom stereocenters. The molecular formula is C15H25NO. The first-order chi connectivity index (χ1) is 8.43. The largest absolute Gasteiger partial charge is 0.492 e. The lowest BCUT2D eigenvalue weighted by Gasteiger charge is -2.07. The van der Waals surface area contributed by atoms with Crippen molar-refractivity contribution in [1.29, 1.82) is 0 Å². The van der Waals surface area contributed by atoms with Crippen molar-refractivity contribution >= 4 is 0 Å². The van der Waals surface area contributed by atoms with E-state index >= 15 is 0 Å². The van der Waals surface area contributed by atoms with E-state index < -0.39 is 0 Å². The summed E-state index contributed by atoms with van der Waals surface area (Å²) < 4.78 is 5.59. The standard InChI is InChI=1S/C15H25NO/c1-2-3-4-5-9-12-16-13-14-17-15-10-7-6-8-11-15/h6-8,10-11,16H,2-5,9,12-14H2,1H3. The van der Waals surface area contributed by atoms with Gasteiger partial charge in [0.2, 0.25) is 0 Å². The molecule has 0 amide bonds. The fourth-order valence-corrected chi connectivity index (χ4v) is 1.74. The van der Waals surface area contributed by atoms with Gasteiger partial charge < -0.3 is 10.1 Å². The zero-order valence-corrected chi connectivity index (χ0v) is 11.0. The molecule has 96 valence electrons. The zero-order chi connectivity index (χ0) is 12.2. The van der Waals surface area contributed by atoms with Crippen molar-refractivity contribution in [3.63, 3.8) is 0 Å². The van der Waals surface area contributed by atoms with Crippen LogP contribution in [0.2, 0.25) is 0 Å². The second kappa shape index (κ2) is 10.2. The number of hydrogen-bond acceptors (Lipinski definition) is 2. The number of ether oxygens (including phenoxy) is 1. The van der Waals surface area contributed by atoms with Crippen molar-refractivity contribution in [1.82, 2.24) is 5.32 Å². The molecule has 0 saturated heterocycles. The van der Waals surface area contributed by atoms with E-state index in [2.05, 4.69) is 12.2 Å². The number of nitrogens with one attached hydrogen (secondary N) is 1. The van der Waals surface area contributed by atoms with Crippen LogP contribution >= 0.6 is 0 Å². The van der Waals surface area contributed by atoms with Crippen LogP contribution in [0, 0.1) is 0 Å². The molecule has 0 aliphatic rings. The minimum atomic E-state index is 0.749. The van der Waals surface area contributed by atoms with Crippen molar-refractivity contribution in [2.24, 2.45) is 0 Å². The van der Waals surface area contributed by atoms with Crippen LogP contribution in [0.5, 0.6) is 5.75 Å². The molecule has 0 saturated carbocycles. The normalized spacial score (nSPS) is 10.4. The lowest BCUT2D eigenvalue weighted by atomic mass is 10.1. The van der Waals surface area contributed by atoms with Crippen molar-refractivity contribution in [2.45, 2.75) is 39.0 Å². The van der Waals surface area contributed by atoms with Gasteiger partial charge in [0.15, 0.2) is 0 Å². The van der Waals surface area contributed by atoms with Crippen molar-refractivity contribution < 1.29 is 4.74 Å². The van der Waals surface area contributed by atoms with Gasteiger partial charge >= 0.3 is 0 Å². The summed E-state index contributed by atoms with van der Waals surface area (Å²) in [6.07, 6.45) is 6.69. The predicted molar refractivity (Wildman–Crippen MR) is 73.6 cm³/mol. The van der Waals surface area contributed by atoms with Crippen LogP contribution < -0.4 is 10.1 Å². The van der Waals surface area contributed by atoms with Crippen molar-refractivity contribution in [3.05, 3.63) is 30.3 Å². The maximum Gasteiger partial charge on any atom is 0.119 e. The number of benzene rings is 1. The molecule has 2 nitrogen and oxygen atoms in total. The maximum atomic E-state index is 5.59. The molecule has 0 unspecified atom stereocenters. The fraction of sp³-hybridized carbons (Fsp3) is 0.600. The van der Waals surface area contributed by atoms with Gasteiger partial charge in [-0.25, -0.2) is 0 Å². The molecule has 0 aromatic heterocycles. The molecule has 1 N–H and O–H groups in total. The van der Waals surface area contributed by atoms with Crippen LogP contribution in [0.15, 0.2) is 30.3 Å². The molecule has 0 aliphatic heterocycles. The second-order valence-electron chi connectivity index (χ2n) is 4.33. The fourth-order valence-electron chi connectivity index (χ4n) is 1.74. The van der Waals surface area contributed by atoms with Crippen LogP contribution in [0.25, 0.3) is 0 Å². The van der Waals surface area contributed by atoms with Gasteiger partial charge in [-0.1, -0.05) is 50.8 Å². The highest BCUT2D eigenvalue weighted by atomic mass is 16.5. The quantitative estimate of drug-likeness (QED) is 0.625. The van der Waals surface area contributed by atoms with Gasteiger partial charge in [0.25, 0.3) is 0 Å². The van der Waals surface area contributed by atoms with Crippen LogP contribution in [0.3, 0.4) is 0 Å². The van der Waals surface area contributed by atoms with E-state index in [4.69, 9.17) is 4.74 Å². The minimum absolute atomic E-state index is 0.749. The predicted octanol–water partition coefficient (Wildman–Crippen LogP) is 3.63. The number of rotatable bonds is 10. The third kappa shape index (κ3) is 7.81. The molecule has 0 radical (unpaired) electrons. The van der Waals surface area contributed by atoms with E-state index in [1.54, 1.807) is 0 Å². The summed E-state index contributed by atoms with van der Waals surface area (Å²) in [4.78, 5) is 0. The molecule has 1 aromatic carbocycles. The Kier molecular flexibility index (Phi) is 8.39. The van der Waals surface area contributed by atoms with E-state index in [0.717, 1.165) is 25.4 Å². The topological polar surface area (TPSA) is 21.3 Å². The SMILES string of the molecule is CCCCCCCNCCOc1ccccc1. The summed E-state index contributed by atoms with van der Waals surface area (Å²) in [5, 5.41) is 3.41. The molecular weight excluding hydrogens is 210 g/mol. The average Bonchev–Trinajstić information content (AvgIpc) is 2.38. The lowest BCUT2D eigenvalue weighted by molar-refractivity contribution is 0.313. The van der Waals surface area contributed by atoms with Gasteiger partial charge in [0, 0.05) is 6.54 Å². The molecule has 2 heteroatoms. The first-order valence-electron chi connectivity index (χ1n) is 6.82. The van der Waals surface area contributed by atoms with E-state index in [1.165, 1.54) is 32.1 Å². The number of unbranched alkanes of at least 4 members (excludes halogenated alkanes) is 4. The molecule has 0 heterocycles. The van der Waals surface area contributed by atoms with Gasteiger partial charge in [-0.15, -0.1) is 0 Å². The van der Waals surface area contributed by atoms with Gasteiger partial charge in [-0.3, -0.25) is 0 Å². The molecule has 0 spiro atoms. The summed E-state index contributed by atoms with van der Waals surface area (Å²) in [6, 6.07) is 9.98. The van der Waals surface area contributed by atoms with E-state index in [-0.39, 0.29) is 0 Å². The summed E-state index contributed by atoms with van der Waals surface area (Å²) in [6.45, 7) is 5.04. The Hall–Kier alpha value is -1.02. The Morgan fingerprint density at radius 3 is 2.47 bits per heavy atom. The Balaban J connectivity index is 1.85. The Morgan fingerprint density at radius 2 is 1.71 bits per heavy atom. The van der Waals surface area contributed by atoms with Gasteiger partial charge in [-0.05, 0) is 25.1 Å². The molecule has 0 aliphatic carbocycles. The highest BCUT2D eigenvalue weighted by Gasteiger charge is 1.92. The van der Waals surface area contributed by atoms with Crippen LogP contribution in [-0.2, 0) is 0 Å².